The van der Waals surface area contributed by atoms with Crippen LogP contribution in [0.4, 0.5) is 0 Å². The number of halogens is 1. The van der Waals surface area contributed by atoms with Gasteiger partial charge in [0.05, 0.1) is 24.1 Å². The van der Waals surface area contributed by atoms with E-state index in [1.54, 1.807) is 28.8 Å². The number of para-hydroxylation sites is 2. The Morgan fingerprint density at radius 2 is 1.41 bits per heavy atom. The van der Waals surface area contributed by atoms with Crippen LogP contribution in [0.3, 0.4) is 0 Å². The molecule has 0 fully saturated rings. The highest BCUT2D eigenvalue weighted by atomic mass is 35.5. The summed E-state index contributed by atoms with van der Waals surface area (Å²) in [5.41, 5.74) is 3.83. The molecule has 0 radical (unpaired) electrons. The Morgan fingerprint density at radius 1 is 0.815 bits per heavy atom. The monoisotopic (exact) mass is 375 g/mol. The minimum atomic E-state index is -0.0484. The average molecular weight is 376 g/mol. The zero-order valence-corrected chi connectivity index (χ0v) is 15.4. The van der Waals surface area contributed by atoms with Crippen LogP contribution in [0, 0.1) is 5.41 Å². The summed E-state index contributed by atoms with van der Waals surface area (Å²) in [5, 5.41) is 9.26. The first-order valence-corrected chi connectivity index (χ1v) is 9.06. The summed E-state index contributed by atoms with van der Waals surface area (Å²) in [6.45, 7) is 0.699. The molecule has 3 aromatic carbocycles. The van der Waals surface area contributed by atoms with Gasteiger partial charge in [-0.25, -0.2) is 0 Å². The molecule has 1 heterocycles. The molecule has 4 nitrogen and oxygen atoms in total. The number of imidazole rings is 1. The number of carbonyl (C=O) groups excluding carboxylic acids is 1. The van der Waals surface area contributed by atoms with Gasteiger partial charge < -0.3 is 9.13 Å². The molecule has 0 aliphatic carbocycles. The number of Topliss-reactive ketones (excluding diaryl/α,β-unsaturated/α-hetero) is 1. The Bertz CT molecular complexity index is 1160. The largest absolute Gasteiger partial charge is 0.306 e. The average Bonchev–Trinajstić information content (AvgIpc) is 2.95. The number of hydrogen-bond acceptors (Lipinski definition) is 2. The van der Waals surface area contributed by atoms with Crippen LogP contribution in [0.2, 0.25) is 5.02 Å². The molecule has 0 saturated heterocycles. The molecule has 0 saturated carbocycles. The second-order valence-electron chi connectivity index (χ2n) is 6.40. The molecule has 134 valence electrons. The lowest BCUT2D eigenvalue weighted by Gasteiger charge is -2.05. The second-order valence-corrected chi connectivity index (χ2v) is 6.84. The summed E-state index contributed by atoms with van der Waals surface area (Å²) in [7, 11) is 0. The van der Waals surface area contributed by atoms with Gasteiger partial charge in [-0.2, -0.15) is 0 Å². The highest BCUT2D eigenvalue weighted by molar-refractivity contribution is 6.30. The molecular weight excluding hydrogens is 358 g/mol. The lowest BCUT2D eigenvalue weighted by atomic mass is 10.1. The SMILES string of the molecule is N=c1n(CC(=O)c2ccc(Cl)cc2)c2ccccc2n1Cc1ccccc1. The third-order valence-electron chi connectivity index (χ3n) is 4.63. The van der Waals surface area contributed by atoms with Crippen LogP contribution in [0.15, 0.2) is 78.9 Å². The highest BCUT2D eigenvalue weighted by Crippen LogP contribution is 2.16. The fraction of sp³-hybridized carbons (Fsp3) is 0.0909. The van der Waals surface area contributed by atoms with Crippen molar-refractivity contribution in [3.8, 4) is 0 Å². The molecule has 0 aliphatic rings. The van der Waals surface area contributed by atoms with E-state index in [9.17, 15) is 4.79 Å². The summed E-state index contributed by atoms with van der Waals surface area (Å²) in [4.78, 5) is 12.7. The maximum Gasteiger partial charge on any atom is 0.203 e. The molecule has 1 N–H and O–H groups in total. The third kappa shape index (κ3) is 3.44. The number of fused-ring (bicyclic) bond motifs is 1. The molecule has 0 unspecified atom stereocenters. The Balaban J connectivity index is 1.75. The van der Waals surface area contributed by atoms with Crippen LogP contribution in [0.5, 0.6) is 0 Å². The van der Waals surface area contributed by atoms with E-state index in [0.717, 1.165) is 16.6 Å². The number of hydrogen-bond donors (Lipinski definition) is 1. The van der Waals surface area contributed by atoms with Gasteiger partial charge in [-0.15, -0.1) is 0 Å². The smallest absolute Gasteiger partial charge is 0.203 e. The lowest BCUT2D eigenvalue weighted by Crippen LogP contribution is -2.27. The Morgan fingerprint density at radius 3 is 2.07 bits per heavy atom. The van der Waals surface area contributed by atoms with Gasteiger partial charge in [0.2, 0.25) is 5.62 Å². The maximum absolute atomic E-state index is 12.7. The molecule has 27 heavy (non-hydrogen) atoms. The third-order valence-corrected chi connectivity index (χ3v) is 4.88. The minimum absolute atomic E-state index is 0.0484. The number of benzene rings is 3. The number of ketones is 1. The van der Waals surface area contributed by atoms with Gasteiger partial charge in [-0.3, -0.25) is 10.2 Å². The van der Waals surface area contributed by atoms with Gasteiger partial charge in [0.1, 0.15) is 0 Å². The van der Waals surface area contributed by atoms with E-state index in [-0.39, 0.29) is 12.3 Å². The van der Waals surface area contributed by atoms with E-state index >= 15 is 0 Å². The van der Waals surface area contributed by atoms with Crippen molar-refractivity contribution in [1.29, 1.82) is 5.41 Å². The van der Waals surface area contributed by atoms with Crippen molar-refractivity contribution < 1.29 is 4.79 Å². The van der Waals surface area contributed by atoms with Crippen LogP contribution in [-0.4, -0.2) is 14.9 Å². The minimum Gasteiger partial charge on any atom is -0.306 e. The van der Waals surface area contributed by atoms with E-state index in [4.69, 9.17) is 17.0 Å². The predicted octanol–water partition coefficient (Wildman–Crippen LogP) is 4.51. The first kappa shape index (κ1) is 17.3. The zero-order chi connectivity index (χ0) is 18.8. The lowest BCUT2D eigenvalue weighted by molar-refractivity contribution is 0.0971. The van der Waals surface area contributed by atoms with Gasteiger partial charge in [0.25, 0.3) is 0 Å². The van der Waals surface area contributed by atoms with Gasteiger partial charge in [-0.05, 0) is 42.0 Å². The highest BCUT2D eigenvalue weighted by Gasteiger charge is 2.14. The van der Waals surface area contributed by atoms with Crippen LogP contribution < -0.4 is 5.62 Å². The summed E-state index contributed by atoms with van der Waals surface area (Å²) in [5.74, 6) is -0.0484. The molecule has 4 aromatic rings. The summed E-state index contributed by atoms with van der Waals surface area (Å²) in [6, 6.07) is 24.7. The van der Waals surface area contributed by atoms with E-state index < -0.39 is 0 Å². The van der Waals surface area contributed by atoms with E-state index in [1.807, 2.05) is 59.2 Å². The fourth-order valence-corrected chi connectivity index (χ4v) is 3.38. The zero-order valence-electron chi connectivity index (χ0n) is 14.6. The van der Waals surface area contributed by atoms with E-state index in [2.05, 4.69) is 0 Å². The maximum atomic E-state index is 12.7. The van der Waals surface area contributed by atoms with Gasteiger partial charge in [-0.1, -0.05) is 54.1 Å². The molecule has 4 rings (SSSR count). The normalized spacial score (nSPS) is 11.0. The first-order chi connectivity index (χ1) is 13.1. The molecule has 1 aromatic heterocycles. The van der Waals surface area contributed by atoms with Crippen LogP contribution in [0.25, 0.3) is 11.0 Å². The van der Waals surface area contributed by atoms with Crippen LogP contribution >= 0.6 is 11.6 Å². The molecule has 5 heteroatoms. The van der Waals surface area contributed by atoms with Gasteiger partial charge in [0, 0.05) is 10.6 Å². The molecule has 0 bridgehead atoms. The summed E-state index contributed by atoms with van der Waals surface area (Å²) in [6.07, 6.45) is 0. The van der Waals surface area contributed by atoms with E-state index in [0.29, 0.717) is 22.7 Å². The Kier molecular flexibility index (Phi) is 4.65. The number of nitrogens with zero attached hydrogens (tertiary/aromatic N) is 2. The molecule has 0 atom stereocenters. The molecule has 0 spiro atoms. The van der Waals surface area contributed by atoms with Crippen molar-refractivity contribution in [2.24, 2.45) is 0 Å². The molecule has 0 amide bonds. The quantitative estimate of drug-likeness (QED) is 0.513. The van der Waals surface area contributed by atoms with Crippen LogP contribution in [-0.2, 0) is 13.1 Å². The van der Waals surface area contributed by atoms with Crippen LogP contribution in [0.1, 0.15) is 15.9 Å². The first-order valence-electron chi connectivity index (χ1n) is 8.69. The number of nitrogens with one attached hydrogen (secondary N) is 1. The van der Waals surface area contributed by atoms with Crippen molar-refractivity contribution in [3.05, 3.63) is 101 Å². The van der Waals surface area contributed by atoms with Crippen molar-refractivity contribution in [3.63, 3.8) is 0 Å². The van der Waals surface area contributed by atoms with Crippen molar-refractivity contribution in [2.75, 3.05) is 0 Å². The van der Waals surface area contributed by atoms with Crippen molar-refractivity contribution in [2.45, 2.75) is 13.1 Å². The predicted molar refractivity (Wildman–Crippen MR) is 107 cm³/mol. The fourth-order valence-electron chi connectivity index (χ4n) is 3.25. The molecular formula is C22H18ClN3O. The van der Waals surface area contributed by atoms with Crippen molar-refractivity contribution in [1.82, 2.24) is 9.13 Å². The standard InChI is InChI=1S/C22H18ClN3O/c23-18-12-10-17(11-13-18)21(27)15-26-20-9-5-4-8-19(20)25(22(26)24)14-16-6-2-1-3-7-16/h1-13,24H,14-15H2. The van der Waals surface area contributed by atoms with Crippen molar-refractivity contribution >= 4 is 28.4 Å². The number of rotatable bonds is 5. The summed E-state index contributed by atoms with van der Waals surface area (Å²) < 4.78 is 3.69. The number of carbonyl (C=O) groups is 1. The van der Waals surface area contributed by atoms with Gasteiger partial charge >= 0.3 is 0 Å². The Hall–Kier alpha value is -3.11. The number of aromatic nitrogens is 2. The Labute approximate surface area is 161 Å². The second kappa shape index (κ2) is 7.25. The summed E-state index contributed by atoms with van der Waals surface area (Å²) >= 11 is 5.91. The topological polar surface area (TPSA) is 50.8 Å². The van der Waals surface area contributed by atoms with Gasteiger partial charge in [0.15, 0.2) is 5.78 Å². The van der Waals surface area contributed by atoms with E-state index in [1.165, 1.54) is 0 Å². The molecule has 0 aliphatic heterocycles.